The Kier molecular flexibility index (Phi) is 5.00. The van der Waals surface area contributed by atoms with E-state index in [2.05, 4.69) is 22.2 Å². The van der Waals surface area contributed by atoms with Gasteiger partial charge in [0.05, 0.1) is 18.4 Å². The smallest absolute Gasteiger partial charge is 0.149 e. The number of hydrogen-bond donors (Lipinski definition) is 1. The van der Waals surface area contributed by atoms with Crippen molar-refractivity contribution in [2.45, 2.75) is 25.8 Å². The Labute approximate surface area is 123 Å². The summed E-state index contributed by atoms with van der Waals surface area (Å²) in [4.78, 5) is 8.23. The van der Waals surface area contributed by atoms with E-state index in [4.69, 9.17) is 23.2 Å². The van der Waals surface area contributed by atoms with Crippen molar-refractivity contribution in [2.24, 2.45) is 0 Å². The predicted octanol–water partition coefficient (Wildman–Crippen LogP) is 4.74. The Morgan fingerprint density at radius 2 is 1.89 bits per heavy atom. The van der Waals surface area contributed by atoms with Crippen LogP contribution in [0.15, 0.2) is 36.7 Å². The molecule has 0 spiro atoms. The summed E-state index contributed by atoms with van der Waals surface area (Å²) in [6, 6.07) is 8.01. The third-order valence-electron chi connectivity index (χ3n) is 2.78. The molecule has 0 bridgehead atoms. The number of nitrogens with zero attached hydrogens (tertiary/aromatic N) is 2. The van der Waals surface area contributed by atoms with E-state index in [1.807, 2.05) is 24.3 Å². The third kappa shape index (κ3) is 4.08. The monoisotopic (exact) mass is 295 g/mol. The van der Waals surface area contributed by atoms with Gasteiger partial charge in [-0.1, -0.05) is 48.7 Å². The van der Waals surface area contributed by atoms with Gasteiger partial charge >= 0.3 is 0 Å². The first-order chi connectivity index (χ1) is 9.19. The first kappa shape index (κ1) is 14.1. The van der Waals surface area contributed by atoms with Gasteiger partial charge < -0.3 is 5.32 Å². The van der Waals surface area contributed by atoms with Gasteiger partial charge in [0.2, 0.25) is 0 Å². The molecule has 0 aliphatic heterocycles. The number of aromatic nitrogens is 2. The summed E-state index contributed by atoms with van der Waals surface area (Å²) in [5.74, 6) is 0.681. The summed E-state index contributed by atoms with van der Waals surface area (Å²) in [6.45, 7) is 2.15. The fraction of sp³-hybridized carbons (Fsp3) is 0.286. The van der Waals surface area contributed by atoms with Crippen LogP contribution in [0, 0.1) is 0 Å². The largest absolute Gasteiger partial charge is 0.362 e. The first-order valence-corrected chi connectivity index (χ1v) is 6.94. The Balaban J connectivity index is 2.18. The lowest BCUT2D eigenvalue weighted by Gasteiger charge is -2.19. The van der Waals surface area contributed by atoms with Crippen molar-refractivity contribution in [3.05, 3.63) is 52.4 Å². The molecular weight excluding hydrogens is 281 g/mol. The maximum atomic E-state index is 5.91. The minimum absolute atomic E-state index is 0.176. The first-order valence-electron chi connectivity index (χ1n) is 6.18. The molecule has 1 atom stereocenters. The van der Waals surface area contributed by atoms with Crippen LogP contribution in [0.2, 0.25) is 10.2 Å². The summed E-state index contributed by atoms with van der Waals surface area (Å²) < 4.78 is 0. The summed E-state index contributed by atoms with van der Waals surface area (Å²) in [7, 11) is 0. The molecule has 0 aliphatic carbocycles. The van der Waals surface area contributed by atoms with Crippen molar-refractivity contribution >= 4 is 29.0 Å². The van der Waals surface area contributed by atoms with Crippen molar-refractivity contribution in [3.8, 4) is 0 Å². The van der Waals surface area contributed by atoms with Crippen LogP contribution in [0.3, 0.4) is 0 Å². The summed E-state index contributed by atoms with van der Waals surface area (Å²) >= 11 is 11.8. The minimum atomic E-state index is 0.176. The van der Waals surface area contributed by atoms with Crippen LogP contribution >= 0.6 is 23.2 Å². The topological polar surface area (TPSA) is 37.8 Å². The predicted molar refractivity (Wildman–Crippen MR) is 79.8 cm³/mol. The molecule has 2 aromatic rings. The molecule has 2 rings (SSSR count). The highest BCUT2D eigenvalue weighted by molar-refractivity contribution is 6.30. The van der Waals surface area contributed by atoms with Gasteiger partial charge in [-0.3, -0.25) is 4.98 Å². The zero-order chi connectivity index (χ0) is 13.7. The molecule has 0 amide bonds. The quantitative estimate of drug-likeness (QED) is 0.866. The Morgan fingerprint density at radius 1 is 1.16 bits per heavy atom. The van der Waals surface area contributed by atoms with Gasteiger partial charge in [0.1, 0.15) is 11.0 Å². The molecule has 1 aromatic carbocycles. The van der Waals surface area contributed by atoms with Gasteiger partial charge in [0.15, 0.2) is 0 Å². The number of benzene rings is 1. The zero-order valence-corrected chi connectivity index (χ0v) is 12.1. The summed E-state index contributed by atoms with van der Waals surface area (Å²) in [5, 5.41) is 4.48. The van der Waals surface area contributed by atoms with Gasteiger partial charge in [-0.2, -0.15) is 0 Å². The normalized spacial score (nSPS) is 12.2. The average Bonchev–Trinajstić information content (AvgIpc) is 2.39. The number of hydrogen-bond acceptors (Lipinski definition) is 3. The number of halogens is 2. The Bertz CT molecular complexity index is 528. The lowest BCUT2D eigenvalue weighted by Crippen LogP contribution is -2.11. The van der Waals surface area contributed by atoms with Crippen molar-refractivity contribution in [2.75, 3.05) is 5.32 Å². The molecule has 100 valence electrons. The van der Waals surface area contributed by atoms with Gasteiger partial charge in [-0.05, 0) is 24.1 Å². The van der Waals surface area contributed by atoms with Crippen molar-refractivity contribution < 1.29 is 0 Å². The zero-order valence-electron chi connectivity index (χ0n) is 10.6. The number of anilines is 1. The average molecular weight is 296 g/mol. The number of nitrogens with one attached hydrogen (secondary N) is 1. The second-order valence-electron chi connectivity index (χ2n) is 4.26. The highest BCUT2D eigenvalue weighted by Gasteiger charge is 2.11. The molecule has 1 heterocycles. The van der Waals surface area contributed by atoms with E-state index >= 15 is 0 Å². The van der Waals surface area contributed by atoms with Crippen LogP contribution in [0.5, 0.6) is 0 Å². The van der Waals surface area contributed by atoms with E-state index in [0.717, 1.165) is 17.9 Å². The minimum Gasteiger partial charge on any atom is -0.362 e. The van der Waals surface area contributed by atoms with Crippen LogP contribution in [-0.2, 0) is 0 Å². The highest BCUT2D eigenvalue weighted by atomic mass is 35.5. The van der Waals surface area contributed by atoms with Crippen LogP contribution in [-0.4, -0.2) is 9.97 Å². The second-order valence-corrected chi connectivity index (χ2v) is 5.09. The molecule has 0 radical (unpaired) electrons. The lowest BCUT2D eigenvalue weighted by atomic mass is 10.0. The van der Waals surface area contributed by atoms with Crippen LogP contribution in [0.1, 0.15) is 31.4 Å². The van der Waals surface area contributed by atoms with Crippen LogP contribution in [0.25, 0.3) is 0 Å². The van der Waals surface area contributed by atoms with Gasteiger partial charge in [-0.15, -0.1) is 0 Å². The fourth-order valence-electron chi connectivity index (χ4n) is 1.90. The fourth-order valence-corrected chi connectivity index (χ4v) is 2.17. The second kappa shape index (κ2) is 6.73. The van der Waals surface area contributed by atoms with E-state index in [1.54, 1.807) is 6.20 Å². The molecule has 3 nitrogen and oxygen atoms in total. The van der Waals surface area contributed by atoms with Crippen LogP contribution < -0.4 is 5.32 Å². The van der Waals surface area contributed by atoms with E-state index in [0.29, 0.717) is 11.0 Å². The molecule has 1 aromatic heterocycles. The molecule has 0 fully saturated rings. The maximum absolute atomic E-state index is 5.91. The molecule has 1 N–H and O–H groups in total. The van der Waals surface area contributed by atoms with Gasteiger partial charge in [0.25, 0.3) is 0 Å². The summed E-state index contributed by atoms with van der Waals surface area (Å²) in [5.41, 5.74) is 1.17. The van der Waals surface area contributed by atoms with Gasteiger partial charge in [-0.25, -0.2) is 4.98 Å². The highest BCUT2D eigenvalue weighted by Crippen LogP contribution is 2.24. The molecular formula is C14H15Cl2N3. The van der Waals surface area contributed by atoms with Crippen LogP contribution in [0.4, 0.5) is 5.82 Å². The van der Waals surface area contributed by atoms with E-state index < -0.39 is 0 Å². The van der Waals surface area contributed by atoms with Gasteiger partial charge in [0, 0.05) is 5.02 Å². The Hall–Kier alpha value is -1.32. The van der Waals surface area contributed by atoms with Crippen molar-refractivity contribution in [1.82, 2.24) is 9.97 Å². The third-order valence-corrected chi connectivity index (χ3v) is 3.21. The molecule has 1 unspecified atom stereocenters. The standard InChI is InChI=1S/C14H15Cl2N3/c1-2-3-12(10-4-6-11(15)7-5-10)18-14-9-17-8-13(16)19-14/h4-9,12H,2-3H2,1H3,(H,18,19). The summed E-state index contributed by atoms with van der Waals surface area (Å²) in [6.07, 6.45) is 5.25. The molecule has 0 aliphatic rings. The maximum Gasteiger partial charge on any atom is 0.149 e. The van der Waals surface area contributed by atoms with Crippen molar-refractivity contribution in [3.63, 3.8) is 0 Å². The molecule has 19 heavy (non-hydrogen) atoms. The lowest BCUT2D eigenvalue weighted by molar-refractivity contribution is 0.674. The SMILES string of the molecule is CCCC(Nc1cncc(Cl)n1)c1ccc(Cl)cc1. The van der Waals surface area contributed by atoms with E-state index in [1.165, 1.54) is 11.8 Å². The molecule has 0 saturated carbocycles. The van der Waals surface area contributed by atoms with E-state index in [-0.39, 0.29) is 6.04 Å². The van der Waals surface area contributed by atoms with Crippen molar-refractivity contribution in [1.29, 1.82) is 0 Å². The number of rotatable bonds is 5. The molecule has 0 saturated heterocycles. The molecule has 5 heteroatoms. The Morgan fingerprint density at radius 3 is 2.53 bits per heavy atom. The van der Waals surface area contributed by atoms with E-state index in [9.17, 15) is 0 Å².